The van der Waals surface area contributed by atoms with E-state index in [9.17, 15) is 4.39 Å². The second-order valence-electron chi connectivity index (χ2n) is 3.91. The van der Waals surface area contributed by atoms with Gasteiger partial charge >= 0.3 is 0 Å². The van der Waals surface area contributed by atoms with E-state index < -0.39 is 5.38 Å². The van der Waals surface area contributed by atoms with E-state index >= 15 is 0 Å². The molecule has 0 bridgehead atoms. The Bertz CT molecular complexity index is 604. The van der Waals surface area contributed by atoms with Gasteiger partial charge in [0.25, 0.3) is 0 Å². The largest absolute Gasteiger partial charge is 0.496 e. The predicted molar refractivity (Wildman–Crippen MR) is 79.8 cm³/mol. The minimum absolute atomic E-state index is 0.370. The third-order valence-electron chi connectivity index (χ3n) is 2.70. The number of benzene rings is 2. The summed E-state index contributed by atoms with van der Waals surface area (Å²) in [6.07, 6.45) is 0. The molecular weight excluding hydrogens is 354 g/mol. The first-order valence-corrected chi connectivity index (χ1v) is 7.06. The molecule has 2 aromatic rings. The molecule has 0 heterocycles. The van der Waals surface area contributed by atoms with E-state index in [1.54, 1.807) is 30.3 Å². The molecule has 2 rings (SSSR count). The van der Waals surface area contributed by atoms with E-state index in [0.29, 0.717) is 21.9 Å². The Morgan fingerprint density at radius 3 is 2.58 bits per heavy atom. The number of alkyl halides is 1. The van der Waals surface area contributed by atoms with Gasteiger partial charge in [-0.3, -0.25) is 0 Å². The van der Waals surface area contributed by atoms with Gasteiger partial charge in [-0.05, 0) is 36.4 Å². The minimum atomic E-state index is -0.675. The molecule has 100 valence electrons. The maximum absolute atomic E-state index is 13.9. The molecule has 0 spiro atoms. The lowest BCUT2D eigenvalue weighted by Gasteiger charge is -2.15. The van der Waals surface area contributed by atoms with Crippen molar-refractivity contribution in [2.45, 2.75) is 5.38 Å². The molecule has 19 heavy (non-hydrogen) atoms. The smallest absolute Gasteiger partial charge is 0.128 e. The molecule has 0 aromatic heterocycles. The summed E-state index contributed by atoms with van der Waals surface area (Å²) in [5, 5.41) is -0.150. The molecule has 1 atom stereocenters. The standard InChI is InChI=1S/C14H10BrCl2FO/c1-19-13-5-3-9(16)7-11(13)14(17)10-6-8(15)2-4-12(10)18/h2-7,14H,1H3. The van der Waals surface area contributed by atoms with Gasteiger partial charge in [-0.25, -0.2) is 4.39 Å². The second-order valence-corrected chi connectivity index (χ2v) is 5.70. The lowest BCUT2D eigenvalue weighted by Crippen LogP contribution is -2.00. The van der Waals surface area contributed by atoms with Crippen molar-refractivity contribution in [2.75, 3.05) is 7.11 Å². The van der Waals surface area contributed by atoms with Crippen molar-refractivity contribution in [3.8, 4) is 5.75 Å². The summed E-state index contributed by atoms with van der Waals surface area (Å²) in [6.45, 7) is 0. The van der Waals surface area contributed by atoms with Crippen LogP contribution in [-0.2, 0) is 0 Å². The Kier molecular flexibility index (Phi) is 4.71. The zero-order chi connectivity index (χ0) is 14.0. The molecule has 5 heteroatoms. The molecule has 0 saturated carbocycles. The van der Waals surface area contributed by atoms with Gasteiger partial charge in [0.1, 0.15) is 11.6 Å². The van der Waals surface area contributed by atoms with Crippen LogP contribution in [0.5, 0.6) is 5.75 Å². The fourth-order valence-corrected chi connectivity index (χ4v) is 2.68. The summed E-state index contributed by atoms with van der Waals surface area (Å²) in [7, 11) is 1.54. The van der Waals surface area contributed by atoms with Gasteiger partial charge in [0.15, 0.2) is 0 Å². The summed E-state index contributed by atoms with van der Waals surface area (Å²) in [4.78, 5) is 0. The quantitative estimate of drug-likeness (QED) is 0.647. The Morgan fingerprint density at radius 1 is 1.16 bits per heavy atom. The van der Waals surface area contributed by atoms with Gasteiger partial charge < -0.3 is 4.74 Å². The number of methoxy groups -OCH3 is 1. The van der Waals surface area contributed by atoms with Crippen molar-refractivity contribution < 1.29 is 9.13 Å². The van der Waals surface area contributed by atoms with Gasteiger partial charge in [-0.1, -0.05) is 27.5 Å². The molecule has 0 aliphatic heterocycles. The van der Waals surface area contributed by atoms with Crippen LogP contribution in [0.1, 0.15) is 16.5 Å². The Morgan fingerprint density at radius 2 is 1.89 bits per heavy atom. The van der Waals surface area contributed by atoms with E-state index in [1.807, 2.05) is 0 Å². The van der Waals surface area contributed by atoms with Crippen molar-refractivity contribution in [3.63, 3.8) is 0 Å². The zero-order valence-electron chi connectivity index (χ0n) is 9.96. The molecule has 0 saturated heterocycles. The third kappa shape index (κ3) is 3.22. The topological polar surface area (TPSA) is 9.23 Å². The number of hydrogen-bond acceptors (Lipinski definition) is 1. The van der Waals surface area contributed by atoms with Crippen molar-refractivity contribution in [1.82, 2.24) is 0 Å². The molecule has 2 aromatic carbocycles. The van der Waals surface area contributed by atoms with Gasteiger partial charge in [0.2, 0.25) is 0 Å². The Balaban J connectivity index is 2.51. The summed E-state index contributed by atoms with van der Waals surface area (Å²) >= 11 is 15.6. The lowest BCUT2D eigenvalue weighted by atomic mass is 10.0. The van der Waals surface area contributed by atoms with Crippen LogP contribution >= 0.6 is 39.1 Å². The van der Waals surface area contributed by atoms with Crippen LogP contribution in [0.2, 0.25) is 5.02 Å². The molecule has 0 aliphatic rings. The monoisotopic (exact) mass is 362 g/mol. The second kappa shape index (κ2) is 6.12. The van der Waals surface area contributed by atoms with Crippen LogP contribution in [0.3, 0.4) is 0 Å². The van der Waals surface area contributed by atoms with Gasteiger partial charge in [0.05, 0.1) is 12.5 Å². The molecular formula is C14H10BrCl2FO. The van der Waals surface area contributed by atoms with E-state index in [4.69, 9.17) is 27.9 Å². The van der Waals surface area contributed by atoms with Gasteiger partial charge in [-0.15, -0.1) is 11.6 Å². The normalized spacial score (nSPS) is 12.3. The van der Waals surface area contributed by atoms with E-state index in [-0.39, 0.29) is 5.82 Å². The molecule has 0 radical (unpaired) electrons. The highest BCUT2D eigenvalue weighted by Gasteiger charge is 2.19. The number of rotatable bonds is 3. The third-order valence-corrected chi connectivity index (χ3v) is 3.89. The average Bonchev–Trinajstić information content (AvgIpc) is 2.40. The van der Waals surface area contributed by atoms with Crippen LogP contribution in [0.4, 0.5) is 4.39 Å². The summed E-state index contributed by atoms with van der Waals surface area (Å²) in [5.74, 6) is 0.203. The number of hydrogen-bond donors (Lipinski definition) is 0. The van der Waals surface area contributed by atoms with Gasteiger partial charge in [0, 0.05) is 20.6 Å². The van der Waals surface area contributed by atoms with Crippen LogP contribution in [-0.4, -0.2) is 7.11 Å². The average molecular weight is 364 g/mol. The van der Waals surface area contributed by atoms with Gasteiger partial charge in [-0.2, -0.15) is 0 Å². The molecule has 0 amide bonds. The number of ether oxygens (including phenoxy) is 1. The van der Waals surface area contributed by atoms with Crippen LogP contribution in [0.25, 0.3) is 0 Å². The predicted octanol–water partition coefficient (Wildman–Crippen LogP) is 5.58. The fourth-order valence-electron chi connectivity index (χ4n) is 1.78. The molecule has 0 fully saturated rings. The van der Waals surface area contributed by atoms with Crippen LogP contribution in [0, 0.1) is 5.82 Å². The fraction of sp³-hybridized carbons (Fsp3) is 0.143. The Hall–Kier alpha value is -0.770. The summed E-state index contributed by atoms with van der Waals surface area (Å²) in [5.41, 5.74) is 1.00. The maximum Gasteiger partial charge on any atom is 0.128 e. The highest BCUT2D eigenvalue weighted by molar-refractivity contribution is 9.10. The highest BCUT2D eigenvalue weighted by Crippen LogP contribution is 2.38. The van der Waals surface area contributed by atoms with Crippen molar-refractivity contribution >= 4 is 39.1 Å². The van der Waals surface area contributed by atoms with Crippen molar-refractivity contribution in [3.05, 3.63) is 62.8 Å². The maximum atomic E-state index is 13.9. The minimum Gasteiger partial charge on any atom is -0.496 e. The molecule has 1 unspecified atom stereocenters. The molecule has 0 aliphatic carbocycles. The van der Waals surface area contributed by atoms with Crippen LogP contribution in [0.15, 0.2) is 40.9 Å². The highest BCUT2D eigenvalue weighted by atomic mass is 79.9. The van der Waals surface area contributed by atoms with E-state index in [1.165, 1.54) is 13.2 Å². The zero-order valence-corrected chi connectivity index (χ0v) is 13.1. The summed E-state index contributed by atoms with van der Waals surface area (Å²) < 4.78 is 19.9. The number of halogens is 4. The molecule has 1 nitrogen and oxygen atoms in total. The molecule has 0 N–H and O–H groups in total. The van der Waals surface area contributed by atoms with E-state index in [2.05, 4.69) is 15.9 Å². The van der Waals surface area contributed by atoms with Crippen molar-refractivity contribution in [1.29, 1.82) is 0 Å². The first kappa shape index (κ1) is 14.6. The Labute approximate surface area is 129 Å². The van der Waals surface area contributed by atoms with Crippen molar-refractivity contribution in [2.24, 2.45) is 0 Å². The van der Waals surface area contributed by atoms with Crippen LogP contribution < -0.4 is 4.74 Å². The SMILES string of the molecule is COc1ccc(Cl)cc1C(Cl)c1cc(Br)ccc1F. The lowest BCUT2D eigenvalue weighted by molar-refractivity contribution is 0.410. The first-order chi connectivity index (χ1) is 9.02. The summed E-state index contributed by atoms with van der Waals surface area (Å²) in [6, 6.07) is 9.73. The first-order valence-electron chi connectivity index (χ1n) is 5.45. The van der Waals surface area contributed by atoms with E-state index in [0.717, 1.165) is 4.47 Å².